The zero-order valence-electron chi connectivity index (χ0n) is 10.7. The highest BCUT2D eigenvalue weighted by Crippen LogP contribution is 2.41. The standard InChI is InChI=1S/C13H21N3O2/c14-9-13(5-3-6-13)12-15-11(16-18-12)8-10-4-1-2-7-17-10/h10H,1-9,14H2. The predicted molar refractivity (Wildman–Crippen MR) is 66.2 cm³/mol. The highest BCUT2D eigenvalue weighted by Gasteiger charge is 2.42. The second kappa shape index (κ2) is 4.97. The zero-order chi connectivity index (χ0) is 12.4. The third-order valence-corrected chi connectivity index (χ3v) is 4.31. The van der Waals surface area contributed by atoms with Gasteiger partial charge in [0.05, 0.1) is 11.5 Å². The molecule has 0 amide bonds. The summed E-state index contributed by atoms with van der Waals surface area (Å²) in [7, 11) is 0. The zero-order valence-corrected chi connectivity index (χ0v) is 10.7. The third kappa shape index (κ3) is 2.17. The Morgan fingerprint density at radius 2 is 2.17 bits per heavy atom. The molecule has 1 saturated carbocycles. The van der Waals surface area contributed by atoms with Crippen LogP contribution in [0.1, 0.15) is 50.2 Å². The number of hydrogen-bond acceptors (Lipinski definition) is 5. The van der Waals surface area contributed by atoms with Crippen molar-refractivity contribution < 1.29 is 9.26 Å². The van der Waals surface area contributed by atoms with Crippen LogP contribution in [0.15, 0.2) is 4.52 Å². The number of nitrogens with zero attached hydrogens (tertiary/aromatic N) is 2. The van der Waals surface area contributed by atoms with E-state index in [9.17, 15) is 0 Å². The van der Waals surface area contributed by atoms with Crippen LogP contribution < -0.4 is 5.73 Å². The number of aromatic nitrogens is 2. The molecule has 1 aliphatic carbocycles. The molecule has 0 radical (unpaired) electrons. The monoisotopic (exact) mass is 251 g/mol. The van der Waals surface area contributed by atoms with Gasteiger partial charge in [0.25, 0.3) is 0 Å². The molecule has 2 heterocycles. The lowest BCUT2D eigenvalue weighted by Crippen LogP contribution is -2.41. The van der Waals surface area contributed by atoms with Crippen molar-refractivity contribution in [3.05, 3.63) is 11.7 Å². The van der Waals surface area contributed by atoms with E-state index in [1.54, 1.807) is 0 Å². The summed E-state index contributed by atoms with van der Waals surface area (Å²) in [4.78, 5) is 4.53. The maximum atomic E-state index is 5.84. The molecule has 18 heavy (non-hydrogen) atoms. The minimum absolute atomic E-state index is 0.0291. The smallest absolute Gasteiger partial charge is 0.234 e. The molecule has 5 nitrogen and oxygen atoms in total. The lowest BCUT2D eigenvalue weighted by atomic mass is 9.69. The summed E-state index contributed by atoms with van der Waals surface area (Å²) in [5, 5.41) is 4.08. The fourth-order valence-electron chi connectivity index (χ4n) is 2.83. The van der Waals surface area contributed by atoms with Crippen molar-refractivity contribution in [2.24, 2.45) is 5.73 Å². The van der Waals surface area contributed by atoms with Gasteiger partial charge in [0.1, 0.15) is 0 Å². The summed E-state index contributed by atoms with van der Waals surface area (Å²) < 4.78 is 11.1. The van der Waals surface area contributed by atoms with E-state index in [1.165, 1.54) is 19.3 Å². The largest absolute Gasteiger partial charge is 0.378 e. The van der Waals surface area contributed by atoms with E-state index in [4.69, 9.17) is 15.0 Å². The Labute approximate surface area is 107 Å². The molecule has 3 rings (SSSR count). The van der Waals surface area contributed by atoms with E-state index in [2.05, 4.69) is 10.1 Å². The molecule has 2 N–H and O–H groups in total. The van der Waals surface area contributed by atoms with Crippen LogP contribution in [0, 0.1) is 0 Å². The fourth-order valence-corrected chi connectivity index (χ4v) is 2.83. The maximum Gasteiger partial charge on any atom is 0.234 e. The molecule has 1 aliphatic heterocycles. The molecule has 100 valence electrons. The van der Waals surface area contributed by atoms with Crippen molar-refractivity contribution in [3.8, 4) is 0 Å². The second-order valence-corrected chi connectivity index (χ2v) is 5.55. The van der Waals surface area contributed by atoms with Gasteiger partial charge < -0.3 is 15.0 Å². The van der Waals surface area contributed by atoms with Gasteiger partial charge in [0.15, 0.2) is 5.82 Å². The Balaban J connectivity index is 1.65. The average molecular weight is 251 g/mol. The van der Waals surface area contributed by atoms with Gasteiger partial charge in [0, 0.05) is 19.6 Å². The van der Waals surface area contributed by atoms with Gasteiger partial charge in [-0.05, 0) is 32.1 Å². The summed E-state index contributed by atoms with van der Waals surface area (Å²) in [6.45, 7) is 1.47. The molecular weight excluding hydrogens is 230 g/mol. The van der Waals surface area contributed by atoms with E-state index in [-0.39, 0.29) is 11.5 Å². The molecular formula is C13H21N3O2. The van der Waals surface area contributed by atoms with Crippen LogP contribution in [-0.4, -0.2) is 29.4 Å². The molecule has 1 aromatic heterocycles. The number of rotatable bonds is 4. The third-order valence-electron chi connectivity index (χ3n) is 4.31. The molecule has 1 unspecified atom stereocenters. The van der Waals surface area contributed by atoms with E-state index in [0.717, 1.165) is 44.0 Å². The van der Waals surface area contributed by atoms with Crippen LogP contribution in [0.25, 0.3) is 0 Å². The van der Waals surface area contributed by atoms with Crippen LogP contribution in [0.4, 0.5) is 0 Å². The summed E-state index contributed by atoms with van der Waals surface area (Å²) >= 11 is 0. The van der Waals surface area contributed by atoms with Crippen LogP contribution in [-0.2, 0) is 16.6 Å². The van der Waals surface area contributed by atoms with Crippen molar-refractivity contribution >= 4 is 0 Å². The first-order valence-electron chi connectivity index (χ1n) is 6.97. The average Bonchev–Trinajstić information content (AvgIpc) is 2.79. The number of nitrogens with two attached hydrogens (primary N) is 1. The lowest BCUT2D eigenvalue weighted by molar-refractivity contribution is 0.0153. The van der Waals surface area contributed by atoms with Gasteiger partial charge in [-0.3, -0.25) is 0 Å². The Hall–Kier alpha value is -0.940. The van der Waals surface area contributed by atoms with Gasteiger partial charge in [0.2, 0.25) is 5.89 Å². The van der Waals surface area contributed by atoms with Crippen LogP contribution in [0.2, 0.25) is 0 Å². The molecule has 0 bridgehead atoms. The molecule has 1 aromatic rings. The first kappa shape index (κ1) is 12.1. The Kier molecular flexibility index (Phi) is 3.35. The van der Waals surface area contributed by atoms with E-state index in [1.807, 2.05) is 0 Å². The Bertz CT molecular complexity index is 389. The SMILES string of the molecule is NCC1(c2nc(CC3CCCCO3)no2)CCC1. The topological polar surface area (TPSA) is 74.2 Å². The van der Waals surface area contributed by atoms with E-state index >= 15 is 0 Å². The molecule has 2 fully saturated rings. The van der Waals surface area contributed by atoms with Crippen LogP contribution in [0.3, 0.4) is 0 Å². The number of hydrogen-bond donors (Lipinski definition) is 1. The predicted octanol–water partition coefficient (Wildman–Crippen LogP) is 1.56. The molecule has 0 spiro atoms. The number of ether oxygens (including phenoxy) is 1. The van der Waals surface area contributed by atoms with Crippen molar-refractivity contribution in [2.45, 2.75) is 56.5 Å². The van der Waals surface area contributed by atoms with E-state index in [0.29, 0.717) is 6.54 Å². The first-order valence-corrected chi connectivity index (χ1v) is 6.97. The van der Waals surface area contributed by atoms with Crippen LogP contribution >= 0.6 is 0 Å². The second-order valence-electron chi connectivity index (χ2n) is 5.55. The van der Waals surface area contributed by atoms with E-state index < -0.39 is 0 Å². The van der Waals surface area contributed by atoms with Gasteiger partial charge in [-0.2, -0.15) is 4.98 Å². The molecule has 0 aromatic carbocycles. The Morgan fingerprint density at radius 3 is 2.78 bits per heavy atom. The molecule has 5 heteroatoms. The van der Waals surface area contributed by atoms with Crippen LogP contribution in [0.5, 0.6) is 0 Å². The highest BCUT2D eigenvalue weighted by atomic mass is 16.5. The molecule has 1 saturated heterocycles. The quantitative estimate of drug-likeness (QED) is 0.879. The van der Waals surface area contributed by atoms with Gasteiger partial charge in [-0.1, -0.05) is 11.6 Å². The molecule has 1 atom stereocenters. The summed E-state index contributed by atoms with van der Waals surface area (Å²) in [5.41, 5.74) is 5.81. The fraction of sp³-hybridized carbons (Fsp3) is 0.846. The van der Waals surface area contributed by atoms with Gasteiger partial charge in [-0.25, -0.2) is 0 Å². The van der Waals surface area contributed by atoms with Crippen molar-refractivity contribution in [3.63, 3.8) is 0 Å². The highest BCUT2D eigenvalue weighted by molar-refractivity contribution is 5.11. The maximum absolute atomic E-state index is 5.84. The molecule has 2 aliphatic rings. The summed E-state index contributed by atoms with van der Waals surface area (Å²) in [5.74, 6) is 1.51. The van der Waals surface area contributed by atoms with Gasteiger partial charge >= 0.3 is 0 Å². The minimum Gasteiger partial charge on any atom is -0.378 e. The summed E-state index contributed by atoms with van der Waals surface area (Å²) in [6.07, 6.45) is 7.90. The van der Waals surface area contributed by atoms with Crippen molar-refractivity contribution in [1.82, 2.24) is 10.1 Å². The van der Waals surface area contributed by atoms with Gasteiger partial charge in [-0.15, -0.1) is 0 Å². The minimum atomic E-state index is -0.0291. The lowest BCUT2D eigenvalue weighted by Gasteiger charge is -2.36. The normalized spacial score (nSPS) is 26.8. The Morgan fingerprint density at radius 1 is 1.28 bits per heavy atom. The summed E-state index contributed by atoms with van der Waals surface area (Å²) in [6, 6.07) is 0. The van der Waals surface area contributed by atoms with Crippen molar-refractivity contribution in [1.29, 1.82) is 0 Å². The van der Waals surface area contributed by atoms with Crippen molar-refractivity contribution in [2.75, 3.05) is 13.2 Å². The first-order chi connectivity index (χ1) is 8.82.